The van der Waals surface area contributed by atoms with E-state index in [1.165, 1.54) is 0 Å². The van der Waals surface area contributed by atoms with Crippen LogP contribution in [0, 0.1) is 5.82 Å². The van der Waals surface area contributed by atoms with E-state index in [9.17, 15) is 4.39 Å². The Balaban J connectivity index is 1.93. The van der Waals surface area contributed by atoms with Crippen molar-refractivity contribution in [1.82, 2.24) is 9.97 Å². The topological polar surface area (TPSA) is 75.9 Å². The van der Waals surface area contributed by atoms with E-state index in [-0.39, 0.29) is 11.8 Å². The minimum atomic E-state index is -0.518. The van der Waals surface area contributed by atoms with Crippen molar-refractivity contribution in [3.8, 4) is 0 Å². The van der Waals surface area contributed by atoms with Crippen LogP contribution in [0.1, 0.15) is 5.56 Å². The Morgan fingerprint density at radius 2 is 2.00 bits per heavy atom. The fourth-order valence-corrected chi connectivity index (χ4v) is 1.66. The summed E-state index contributed by atoms with van der Waals surface area (Å²) in [5.74, 6) is 4.93. The van der Waals surface area contributed by atoms with Gasteiger partial charge in [0, 0.05) is 11.6 Å². The first-order chi connectivity index (χ1) is 9.19. The molecule has 0 saturated carbocycles. The second kappa shape index (κ2) is 6.31. The van der Waals surface area contributed by atoms with Crippen LogP contribution in [0.15, 0.2) is 30.5 Å². The maximum atomic E-state index is 13.4. The lowest BCUT2D eigenvalue weighted by molar-refractivity contribution is 0.617. The highest BCUT2D eigenvalue weighted by atomic mass is 35.5. The highest BCUT2D eigenvalue weighted by Crippen LogP contribution is 2.12. The molecule has 19 heavy (non-hydrogen) atoms. The summed E-state index contributed by atoms with van der Waals surface area (Å²) in [4.78, 5) is 7.54. The van der Waals surface area contributed by atoms with Crippen molar-refractivity contribution < 1.29 is 4.39 Å². The number of hydrogen-bond donors (Lipinski definition) is 3. The van der Waals surface area contributed by atoms with Crippen molar-refractivity contribution in [1.29, 1.82) is 0 Å². The highest BCUT2D eigenvalue weighted by molar-refractivity contribution is 6.30. The van der Waals surface area contributed by atoms with Crippen molar-refractivity contribution >= 4 is 23.4 Å². The second-order valence-electron chi connectivity index (χ2n) is 3.84. The number of anilines is 2. The Kier molecular flexibility index (Phi) is 4.48. The molecule has 100 valence electrons. The van der Waals surface area contributed by atoms with Gasteiger partial charge in [0.15, 0.2) is 11.6 Å². The molecule has 1 aromatic carbocycles. The Morgan fingerprint density at radius 3 is 2.68 bits per heavy atom. The minimum absolute atomic E-state index is 0.122. The van der Waals surface area contributed by atoms with E-state index >= 15 is 0 Å². The van der Waals surface area contributed by atoms with Gasteiger partial charge in [0.1, 0.15) is 0 Å². The van der Waals surface area contributed by atoms with Gasteiger partial charge in [-0.25, -0.2) is 15.2 Å². The summed E-state index contributed by atoms with van der Waals surface area (Å²) in [6.45, 7) is 0.541. The number of nitrogens with two attached hydrogens (primary N) is 1. The summed E-state index contributed by atoms with van der Waals surface area (Å²) in [5, 5.41) is 3.59. The van der Waals surface area contributed by atoms with Gasteiger partial charge in [-0.1, -0.05) is 23.7 Å². The molecule has 7 heteroatoms. The molecule has 1 aromatic heterocycles. The third kappa shape index (κ3) is 3.77. The van der Waals surface area contributed by atoms with E-state index in [4.69, 9.17) is 17.4 Å². The molecule has 0 aliphatic rings. The summed E-state index contributed by atoms with van der Waals surface area (Å²) >= 11 is 5.79. The van der Waals surface area contributed by atoms with Crippen LogP contribution in [0.3, 0.4) is 0 Å². The number of nitrogens with zero attached hydrogens (tertiary/aromatic N) is 2. The maximum absolute atomic E-state index is 13.4. The maximum Gasteiger partial charge on any atom is 0.239 e. The molecule has 0 saturated heterocycles. The smallest absolute Gasteiger partial charge is 0.239 e. The standard InChI is InChI=1S/C12H13ClFN5/c13-9-3-1-8(2-4-9)5-6-16-11-10(14)7-17-12(18-11)19-15/h1-4,7H,5-6,15H2,(H2,16,17,18,19). The van der Waals surface area contributed by atoms with Gasteiger partial charge in [-0.3, -0.25) is 5.43 Å². The van der Waals surface area contributed by atoms with Crippen molar-refractivity contribution in [3.63, 3.8) is 0 Å². The van der Waals surface area contributed by atoms with E-state index in [1.54, 1.807) is 0 Å². The number of halogens is 2. The molecule has 5 nitrogen and oxygen atoms in total. The Morgan fingerprint density at radius 1 is 1.26 bits per heavy atom. The number of nitrogen functional groups attached to an aromatic ring is 1. The molecule has 0 amide bonds. The number of hydrogen-bond acceptors (Lipinski definition) is 5. The van der Waals surface area contributed by atoms with E-state index < -0.39 is 5.82 Å². The Bertz CT molecular complexity index is 546. The van der Waals surface area contributed by atoms with Crippen LogP contribution in [0.4, 0.5) is 16.2 Å². The van der Waals surface area contributed by atoms with Gasteiger partial charge in [-0.2, -0.15) is 4.98 Å². The lowest BCUT2D eigenvalue weighted by atomic mass is 10.1. The molecule has 0 atom stereocenters. The summed E-state index contributed by atoms with van der Waals surface area (Å²) in [6, 6.07) is 7.48. The van der Waals surface area contributed by atoms with Crippen LogP contribution in [0.25, 0.3) is 0 Å². The Labute approximate surface area is 115 Å². The molecule has 0 unspecified atom stereocenters. The summed E-state index contributed by atoms with van der Waals surface area (Å²) < 4.78 is 13.4. The zero-order valence-corrected chi connectivity index (χ0v) is 10.8. The minimum Gasteiger partial charge on any atom is -0.367 e. The van der Waals surface area contributed by atoms with Gasteiger partial charge in [0.2, 0.25) is 5.95 Å². The van der Waals surface area contributed by atoms with Crippen molar-refractivity contribution in [2.45, 2.75) is 6.42 Å². The first kappa shape index (κ1) is 13.5. The van der Waals surface area contributed by atoms with Crippen LogP contribution >= 0.6 is 11.6 Å². The molecule has 0 aliphatic heterocycles. The molecule has 4 N–H and O–H groups in total. The van der Waals surface area contributed by atoms with Crippen LogP contribution in [0.2, 0.25) is 5.02 Å². The summed E-state index contributed by atoms with van der Waals surface area (Å²) in [7, 11) is 0. The molecule has 0 aliphatic carbocycles. The first-order valence-electron chi connectivity index (χ1n) is 5.66. The molecule has 1 heterocycles. The predicted molar refractivity (Wildman–Crippen MR) is 73.4 cm³/mol. The van der Waals surface area contributed by atoms with Crippen molar-refractivity contribution in [2.24, 2.45) is 5.84 Å². The average Bonchev–Trinajstić information content (AvgIpc) is 2.43. The third-order valence-corrected chi connectivity index (χ3v) is 2.74. The Hall–Kier alpha value is -1.92. The zero-order valence-electron chi connectivity index (χ0n) is 10.0. The summed E-state index contributed by atoms with van der Waals surface area (Å²) in [5.41, 5.74) is 3.37. The van der Waals surface area contributed by atoms with Crippen LogP contribution < -0.4 is 16.6 Å². The molecule has 2 rings (SSSR count). The van der Waals surface area contributed by atoms with Crippen LogP contribution in [0.5, 0.6) is 0 Å². The van der Waals surface area contributed by atoms with E-state index in [1.807, 2.05) is 24.3 Å². The van der Waals surface area contributed by atoms with Gasteiger partial charge < -0.3 is 5.32 Å². The number of aromatic nitrogens is 2. The predicted octanol–water partition coefficient (Wildman–Crippen LogP) is 2.21. The van der Waals surface area contributed by atoms with E-state index in [0.717, 1.165) is 18.2 Å². The first-order valence-corrected chi connectivity index (χ1v) is 6.04. The molecule has 2 aromatic rings. The average molecular weight is 282 g/mol. The summed E-state index contributed by atoms with van der Waals surface area (Å²) in [6.07, 6.45) is 1.79. The van der Waals surface area contributed by atoms with Gasteiger partial charge in [0.25, 0.3) is 0 Å². The molecule has 0 fully saturated rings. The van der Waals surface area contributed by atoms with Gasteiger partial charge in [0.05, 0.1) is 6.20 Å². The fraction of sp³-hybridized carbons (Fsp3) is 0.167. The van der Waals surface area contributed by atoms with Crippen molar-refractivity contribution in [2.75, 3.05) is 17.3 Å². The van der Waals surface area contributed by atoms with Crippen LogP contribution in [-0.2, 0) is 6.42 Å². The fourth-order valence-electron chi connectivity index (χ4n) is 1.54. The monoisotopic (exact) mass is 281 g/mol. The quantitative estimate of drug-likeness (QED) is 0.579. The number of rotatable bonds is 5. The SMILES string of the molecule is NNc1ncc(F)c(NCCc2ccc(Cl)cc2)n1. The third-order valence-electron chi connectivity index (χ3n) is 2.49. The lowest BCUT2D eigenvalue weighted by Gasteiger charge is -2.07. The van der Waals surface area contributed by atoms with Crippen LogP contribution in [-0.4, -0.2) is 16.5 Å². The number of hydrazine groups is 1. The van der Waals surface area contributed by atoms with E-state index in [2.05, 4.69) is 20.7 Å². The lowest BCUT2D eigenvalue weighted by Crippen LogP contribution is -2.14. The molecule has 0 radical (unpaired) electrons. The second-order valence-corrected chi connectivity index (χ2v) is 4.27. The normalized spacial score (nSPS) is 10.3. The van der Waals surface area contributed by atoms with Crippen molar-refractivity contribution in [3.05, 3.63) is 46.9 Å². The highest BCUT2D eigenvalue weighted by Gasteiger charge is 2.05. The van der Waals surface area contributed by atoms with Gasteiger partial charge in [-0.05, 0) is 24.1 Å². The zero-order chi connectivity index (χ0) is 13.7. The van der Waals surface area contributed by atoms with Gasteiger partial charge in [-0.15, -0.1) is 0 Å². The molecule has 0 spiro atoms. The molecular formula is C12H13ClFN5. The molecular weight excluding hydrogens is 269 g/mol. The number of benzene rings is 1. The van der Waals surface area contributed by atoms with Gasteiger partial charge >= 0.3 is 0 Å². The van der Waals surface area contributed by atoms with E-state index in [0.29, 0.717) is 11.6 Å². The number of nitrogens with one attached hydrogen (secondary N) is 2. The molecule has 0 bridgehead atoms. The largest absolute Gasteiger partial charge is 0.367 e.